The zero-order valence-electron chi connectivity index (χ0n) is 33.6. The van der Waals surface area contributed by atoms with Gasteiger partial charge in [-0.3, -0.25) is 14.5 Å². The number of aromatic nitrogens is 7. The van der Waals surface area contributed by atoms with Crippen molar-refractivity contribution >= 4 is 65.7 Å². The van der Waals surface area contributed by atoms with Gasteiger partial charge in [0.1, 0.15) is 11.1 Å². The van der Waals surface area contributed by atoms with E-state index in [2.05, 4.69) is 142 Å². The minimum Gasteiger partial charge on any atom is -0.454 e. The molecule has 0 aliphatic carbocycles. The van der Waals surface area contributed by atoms with Crippen molar-refractivity contribution in [3.63, 3.8) is 0 Å². The molecule has 8 nitrogen and oxygen atoms in total. The Morgan fingerprint density at radius 3 is 1.73 bits per heavy atom. The summed E-state index contributed by atoms with van der Waals surface area (Å²) in [6.45, 7) is 0. The lowest BCUT2D eigenvalue weighted by Crippen LogP contribution is -2.04. The first-order chi connectivity index (χ1) is 31.2. The van der Waals surface area contributed by atoms with E-state index >= 15 is 0 Å². The Hall–Kier alpha value is -8.75. The molecule has 13 aromatic rings. The highest BCUT2D eigenvalue weighted by atomic mass is 16.3. The van der Waals surface area contributed by atoms with E-state index in [0.29, 0.717) is 5.95 Å². The number of pyridine rings is 1. The van der Waals surface area contributed by atoms with Crippen LogP contribution in [-0.2, 0) is 0 Å². The van der Waals surface area contributed by atoms with Crippen LogP contribution in [-0.4, -0.2) is 34.1 Å². The molecule has 13 rings (SSSR count). The van der Waals surface area contributed by atoms with Crippen LogP contribution in [0.4, 0.5) is 0 Å². The van der Waals surface area contributed by atoms with Crippen LogP contribution in [0, 0.1) is 0 Å². The molecule has 294 valence electrons. The lowest BCUT2D eigenvalue weighted by Gasteiger charge is -2.12. The van der Waals surface area contributed by atoms with Crippen molar-refractivity contribution in [1.29, 1.82) is 0 Å². The van der Waals surface area contributed by atoms with Crippen LogP contribution in [0.1, 0.15) is 0 Å². The quantitative estimate of drug-likeness (QED) is 0.166. The fourth-order valence-electron chi connectivity index (χ4n) is 9.17. The number of nitrogens with zero attached hydrogens (tertiary/aromatic N) is 7. The van der Waals surface area contributed by atoms with Crippen LogP contribution in [0.15, 0.2) is 205 Å². The number of para-hydroxylation sites is 2. The third kappa shape index (κ3) is 5.66. The Labute approximate surface area is 360 Å². The highest BCUT2D eigenvalue weighted by Gasteiger charge is 2.20. The van der Waals surface area contributed by atoms with E-state index in [1.165, 1.54) is 0 Å². The van der Waals surface area contributed by atoms with E-state index in [1.54, 1.807) is 0 Å². The molecule has 0 amide bonds. The Morgan fingerprint density at radius 2 is 0.984 bits per heavy atom. The molecule has 0 radical (unpaired) electrons. The van der Waals surface area contributed by atoms with Crippen molar-refractivity contribution in [2.24, 2.45) is 0 Å². The molecule has 0 saturated carbocycles. The molecule has 0 spiro atoms. The molecule has 6 aromatic heterocycles. The van der Waals surface area contributed by atoms with Gasteiger partial charge in [-0.25, -0.2) is 15.0 Å². The van der Waals surface area contributed by atoms with Gasteiger partial charge in [0.2, 0.25) is 5.95 Å². The molecule has 0 saturated heterocycles. The van der Waals surface area contributed by atoms with Crippen LogP contribution < -0.4 is 0 Å². The molecule has 0 N–H and O–H groups in total. The molecule has 0 aliphatic rings. The maximum Gasteiger partial charge on any atom is 0.235 e. The van der Waals surface area contributed by atoms with Crippen molar-refractivity contribution < 1.29 is 4.42 Å². The number of furan rings is 1. The molecule has 7 aromatic carbocycles. The normalized spacial score (nSPS) is 11.8. The zero-order chi connectivity index (χ0) is 41.4. The van der Waals surface area contributed by atoms with Crippen LogP contribution in [0.5, 0.6) is 0 Å². The second-order valence-electron chi connectivity index (χ2n) is 15.8. The Kier molecular flexibility index (Phi) is 7.74. The molecule has 8 heteroatoms. The van der Waals surface area contributed by atoms with Gasteiger partial charge in [-0.1, -0.05) is 115 Å². The van der Waals surface area contributed by atoms with Crippen molar-refractivity contribution in [1.82, 2.24) is 34.1 Å². The van der Waals surface area contributed by atoms with Crippen LogP contribution in [0.25, 0.3) is 122 Å². The van der Waals surface area contributed by atoms with Gasteiger partial charge >= 0.3 is 0 Å². The van der Waals surface area contributed by atoms with E-state index < -0.39 is 0 Å². The Balaban J connectivity index is 0.942. The average molecular weight is 808 g/mol. The van der Waals surface area contributed by atoms with Crippen LogP contribution in [0.2, 0.25) is 0 Å². The summed E-state index contributed by atoms with van der Waals surface area (Å²) in [5.41, 5.74) is 14.9. The standard InChI is InChI=1S/C55H33N7O/c1-3-12-34(13-4-1)44-31-45(35-14-5-2-6-15-35)60-55(59-44)62-49-19-10-7-16-39(49)41-24-21-37(29-51(41)62)47-33-56-32-46(58-47)36-22-25-50-42(28-36)40-17-8-9-18-48(40)61(50)38-23-26-52-43(30-38)54-53(63-52)20-11-27-57-54/h1-33H. The van der Waals surface area contributed by atoms with Gasteiger partial charge in [0.05, 0.1) is 57.2 Å². The molecular weight excluding hydrogens is 775 g/mol. The van der Waals surface area contributed by atoms with Gasteiger partial charge in [-0.15, -0.1) is 0 Å². The molecule has 63 heavy (non-hydrogen) atoms. The Morgan fingerprint density at radius 1 is 0.365 bits per heavy atom. The van der Waals surface area contributed by atoms with E-state index in [4.69, 9.17) is 24.4 Å². The highest BCUT2D eigenvalue weighted by Crippen LogP contribution is 2.38. The van der Waals surface area contributed by atoms with E-state index in [9.17, 15) is 0 Å². The number of hydrogen-bond donors (Lipinski definition) is 0. The minimum atomic E-state index is 0.598. The molecule has 0 aliphatic heterocycles. The van der Waals surface area contributed by atoms with Crippen molar-refractivity contribution in [2.75, 3.05) is 0 Å². The first kappa shape index (κ1) is 35.0. The zero-order valence-corrected chi connectivity index (χ0v) is 33.6. The third-order valence-electron chi connectivity index (χ3n) is 12.1. The fraction of sp³-hybridized carbons (Fsp3) is 0. The fourth-order valence-corrected chi connectivity index (χ4v) is 9.17. The summed E-state index contributed by atoms with van der Waals surface area (Å²) in [5, 5.41) is 5.49. The maximum absolute atomic E-state index is 6.11. The largest absolute Gasteiger partial charge is 0.454 e. The second-order valence-corrected chi connectivity index (χ2v) is 15.8. The number of benzene rings is 7. The van der Waals surface area contributed by atoms with Gasteiger partial charge in [0.25, 0.3) is 0 Å². The van der Waals surface area contributed by atoms with Gasteiger partial charge in [-0.05, 0) is 66.7 Å². The summed E-state index contributed by atoms with van der Waals surface area (Å²) in [6.07, 6.45) is 5.50. The van der Waals surface area contributed by atoms with Crippen LogP contribution in [0.3, 0.4) is 0 Å². The molecule has 0 bridgehead atoms. The monoisotopic (exact) mass is 807 g/mol. The molecule has 0 fully saturated rings. The van der Waals surface area contributed by atoms with Gasteiger partial charge in [0.15, 0.2) is 5.58 Å². The predicted octanol–water partition coefficient (Wildman–Crippen LogP) is 13.4. The lowest BCUT2D eigenvalue weighted by atomic mass is 10.1. The summed E-state index contributed by atoms with van der Waals surface area (Å²) in [4.78, 5) is 25.1. The first-order valence-electron chi connectivity index (χ1n) is 20.9. The van der Waals surface area contributed by atoms with Gasteiger partial charge in [0, 0.05) is 61.1 Å². The summed E-state index contributed by atoms with van der Waals surface area (Å²) in [6, 6.07) is 62.9. The van der Waals surface area contributed by atoms with E-state index in [-0.39, 0.29) is 0 Å². The third-order valence-corrected chi connectivity index (χ3v) is 12.1. The van der Waals surface area contributed by atoms with Crippen LogP contribution >= 0.6 is 0 Å². The molecule has 0 atom stereocenters. The van der Waals surface area contributed by atoms with Crippen molar-refractivity contribution in [3.05, 3.63) is 201 Å². The summed E-state index contributed by atoms with van der Waals surface area (Å²) in [5.74, 6) is 0.598. The van der Waals surface area contributed by atoms with E-state index in [1.807, 2.05) is 73.2 Å². The SMILES string of the molecule is c1ccc(-c2cc(-c3ccccc3)nc(-n3c4ccccc4c4ccc(-c5cncc(-c6ccc7c(c6)c6ccccc6n7-c6ccc7oc8cccnc8c7c6)n5)cc43)n2)cc1. The summed E-state index contributed by atoms with van der Waals surface area (Å²) in [7, 11) is 0. The Bertz CT molecular complexity index is 3870. The van der Waals surface area contributed by atoms with E-state index in [0.717, 1.165) is 116 Å². The second kappa shape index (κ2) is 13.9. The predicted molar refractivity (Wildman–Crippen MR) is 253 cm³/mol. The molecule has 0 unspecified atom stereocenters. The number of hydrogen-bond acceptors (Lipinski definition) is 6. The molecular formula is C55H33N7O. The summed E-state index contributed by atoms with van der Waals surface area (Å²) < 4.78 is 10.6. The smallest absolute Gasteiger partial charge is 0.235 e. The number of fused-ring (bicyclic) bond motifs is 9. The van der Waals surface area contributed by atoms with Crippen molar-refractivity contribution in [2.45, 2.75) is 0 Å². The first-order valence-corrected chi connectivity index (χ1v) is 20.9. The molecule has 6 heterocycles. The highest BCUT2D eigenvalue weighted by molar-refractivity contribution is 6.12. The number of rotatable bonds is 6. The lowest BCUT2D eigenvalue weighted by molar-refractivity contribution is 0.668. The topological polar surface area (TPSA) is 87.5 Å². The minimum absolute atomic E-state index is 0.598. The average Bonchev–Trinajstić information content (AvgIpc) is 4.01. The van der Waals surface area contributed by atoms with Crippen molar-refractivity contribution in [3.8, 4) is 56.7 Å². The van der Waals surface area contributed by atoms with Gasteiger partial charge < -0.3 is 8.98 Å². The maximum atomic E-state index is 6.11. The summed E-state index contributed by atoms with van der Waals surface area (Å²) >= 11 is 0. The van der Waals surface area contributed by atoms with Gasteiger partial charge in [-0.2, -0.15) is 0 Å².